The van der Waals surface area contributed by atoms with Gasteiger partial charge < -0.3 is 26.6 Å². The number of nitrogens with zero attached hydrogens (tertiary/aromatic N) is 6. The molecule has 1 fully saturated rings. The molecule has 0 saturated heterocycles. The lowest BCUT2D eigenvalue weighted by molar-refractivity contribution is -0.131. The van der Waals surface area contributed by atoms with Crippen molar-refractivity contribution >= 4 is 17.7 Å². The number of allylic oxidation sites excluding steroid dienone is 5. The van der Waals surface area contributed by atoms with Gasteiger partial charge in [-0.25, -0.2) is 4.99 Å². The molecule has 172 valence electrons. The van der Waals surface area contributed by atoms with Crippen LogP contribution in [0.4, 0.5) is 0 Å². The smallest absolute Gasteiger partial charge is 0.261 e. The van der Waals surface area contributed by atoms with Crippen LogP contribution >= 0.6 is 0 Å². The van der Waals surface area contributed by atoms with E-state index in [2.05, 4.69) is 33.4 Å². The van der Waals surface area contributed by atoms with E-state index < -0.39 is 0 Å². The molecule has 0 bridgehead atoms. The molecule has 0 atom stereocenters. The molecule has 1 aliphatic carbocycles. The van der Waals surface area contributed by atoms with Crippen molar-refractivity contribution < 1.29 is 9.32 Å². The van der Waals surface area contributed by atoms with Gasteiger partial charge in [0, 0.05) is 49.0 Å². The van der Waals surface area contributed by atoms with Crippen molar-refractivity contribution in [2.75, 3.05) is 7.05 Å². The number of carbonyl (C=O) groups excluding carboxylic acids is 1. The SMILES string of the molecule is C=C(N)/N=C\C(=C/N)C(=C)/C=C\C(=C/N)c1noc(-c2cnn(CC(=O)N(C)C3CC3)c2)n1. The van der Waals surface area contributed by atoms with Crippen LogP contribution in [0.15, 0.2) is 76.6 Å². The maximum absolute atomic E-state index is 12.3. The first-order valence-electron chi connectivity index (χ1n) is 10.1. The van der Waals surface area contributed by atoms with Crippen molar-refractivity contribution in [3.8, 4) is 11.5 Å². The van der Waals surface area contributed by atoms with Gasteiger partial charge in [0.1, 0.15) is 12.4 Å². The summed E-state index contributed by atoms with van der Waals surface area (Å²) in [7, 11) is 1.81. The fraction of sp³-hybridized carbons (Fsp3) is 0.227. The molecule has 0 aromatic carbocycles. The summed E-state index contributed by atoms with van der Waals surface area (Å²) in [6.45, 7) is 7.58. The average molecular weight is 450 g/mol. The van der Waals surface area contributed by atoms with E-state index in [1.165, 1.54) is 18.6 Å². The maximum Gasteiger partial charge on any atom is 0.261 e. The van der Waals surface area contributed by atoms with Crippen molar-refractivity contribution in [1.82, 2.24) is 24.8 Å². The molecule has 11 nitrogen and oxygen atoms in total. The standard InChI is InChI=1S/C22H27N9O2/c1-14(17(9-24)10-26-15(2)25)4-5-16(8-23)21-28-22(33-29-21)18-11-27-31(12-18)13-20(32)30(3)19-6-7-19/h4-5,8-12,19H,1-2,6-7,13,23-25H2,3H3/b5-4-,16-8+,17-9+,26-10-. The Morgan fingerprint density at radius 3 is 2.73 bits per heavy atom. The molecule has 1 saturated carbocycles. The summed E-state index contributed by atoms with van der Waals surface area (Å²) in [6, 6.07) is 0.348. The summed E-state index contributed by atoms with van der Waals surface area (Å²) in [5.74, 6) is 0.678. The Morgan fingerprint density at radius 1 is 1.33 bits per heavy atom. The lowest BCUT2D eigenvalue weighted by atomic mass is 10.1. The van der Waals surface area contributed by atoms with Gasteiger partial charge in [-0.1, -0.05) is 24.4 Å². The van der Waals surface area contributed by atoms with Crippen molar-refractivity contribution in [3.05, 3.63) is 72.9 Å². The number of rotatable bonds is 10. The van der Waals surface area contributed by atoms with E-state index in [0.29, 0.717) is 28.3 Å². The van der Waals surface area contributed by atoms with E-state index in [9.17, 15) is 4.79 Å². The highest BCUT2D eigenvalue weighted by Crippen LogP contribution is 2.25. The highest BCUT2D eigenvalue weighted by molar-refractivity contribution is 5.86. The van der Waals surface area contributed by atoms with Gasteiger partial charge in [-0.05, 0) is 24.5 Å². The monoisotopic (exact) mass is 449 g/mol. The first-order chi connectivity index (χ1) is 15.8. The van der Waals surface area contributed by atoms with Crippen molar-refractivity contribution in [2.45, 2.75) is 25.4 Å². The average Bonchev–Trinajstić information content (AvgIpc) is 3.34. The lowest BCUT2D eigenvalue weighted by Crippen LogP contribution is -2.32. The zero-order chi connectivity index (χ0) is 24.0. The predicted molar refractivity (Wildman–Crippen MR) is 126 cm³/mol. The van der Waals surface area contributed by atoms with Crippen LogP contribution in [0.1, 0.15) is 18.7 Å². The molecular weight excluding hydrogens is 422 g/mol. The third-order valence-electron chi connectivity index (χ3n) is 4.91. The minimum absolute atomic E-state index is 0.00352. The number of hydrogen-bond acceptors (Lipinski definition) is 9. The second-order valence-electron chi connectivity index (χ2n) is 7.44. The van der Waals surface area contributed by atoms with Crippen LogP contribution in [-0.2, 0) is 11.3 Å². The molecular formula is C22H27N9O2. The summed E-state index contributed by atoms with van der Waals surface area (Å²) in [6.07, 6.45) is 12.8. The molecule has 3 rings (SSSR count). The van der Waals surface area contributed by atoms with Gasteiger partial charge in [0.25, 0.3) is 5.89 Å². The fourth-order valence-electron chi connectivity index (χ4n) is 2.81. The van der Waals surface area contributed by atoms with Crippen LogP contribution in [0.5, 0.6) is 0 Å². The minimum atomic E-state index is 0.00352. The Kier molecular flexibility index (Phi) is 7.24. The lowest BCUT2D eigenvalue weighted by Gasteiger charge is -2.15. The topological polar surface area (TPSA) is 167 Å². The quantitative estimate of drug-likeness (QED) is 0.360. The van der Waals surface area contributed by atoms with Gasteiger partial charge in [-0.3, -0.25) is 9.48 Å². The van der Waals surface area contributed by atoms with Gasteiger partial charge >= 0.3 is 0 Å². The number of carbonyl (C=O) groups is 1. The third kappa shape index (κ3) is 6.06. The van der Waals surface area contributed by atoms with Gasteiger partial charge in [0.15, 0.2) is 0 Å². The number of likely N-dealkylation sites (N-methyl/N-ethyl adjacent to an activating group) is 1. The Hall–Kier alpha value is -4.41. The Morgan fingerprint density at radius 2 is 2.09 bits per heavy atom. The molecule has 2 heterocycles. The van der Waals surface area contributed by atoms with Crippen molar-refractivity contribution in [1.29, 1.82) is 0 Å². The highest BCUT2D eigenvalue weighted by atomic mass is 16.5. The summed E-state index contributed by atoms with van der Waals surface area (Å²) < 4.78 is 6.89. The van der Waals surface area contributed by atoms with Crippen LogP contribution in [0.3, 0.4) is 0 Å². The van der Waals surface area contributed by atoms with Gasteiger partial charge in [-0.15, -0.1) is 0 Å². The number of nitrogens with two attached hydrogens (primary N) is 3. The predicted octanol–water partition coefficient (Wildman–Crippen LogP) is 1.31. The van der Waals surface area contributed by atoms with Crippen molar-refractivity contribution in [3.63, 3.8) is 0 Å². The third-order valence-corrected chi connectivity index (χ3v) is 4.91. The molecule has 2 aromatic heterocycles. The Bertz CT molecular complexity index is 1160. The normalized spacial score (nSPS) is 14.8. The van der Waals surface area contributed by atoms with E-state index in [1.54, 1.807) is 34.1 Å². The van der Waals surface area contributed by atoms with E-state index in [-0.39, 0.29) is 30.0 Å². The zero-order valence-corrected chi connectivity index (χ0v) is 18.4. The number of aromatic nitrogens is 4. The van der Waals surface area contributed by atoms with Gasteiger partial charge in [0.05, 0.1) is 11.8 Å². The summed E-state index contributed by atoms with van der Waals surface area (Å²) in [5.41, 5.74) is 19.0. The molecule has 1 amide bonds. The number of aliphatic imine (C=N–C) groups is 1. The van der Waals surface area contributed by atoms with Crippen LogP contribution in [-0.4, -0.2) is 50.0 Å². The van der Waals surface area contributed by atoms with Crippen LogP contribution in [0.25, 0.3) is 17.0 Å². The largest absolute Gasteiger partial charge is 0.404 e. The minimum Gasteiger partial charge on any atom is -0.404 e. The molecule has 0 spiro atoms. The number of amides is 1. The zero-order valence-electron chi connectivity index (χ0n) is 18.4. The summed E-state index contributed by atoms with van der Waals surface area (Å²) >= 11 is 0. The van der Waals surface area contributed by atoms with Crippen LogP contribution in [0.2, 0.25) is 0 Å². The Labute approximate surface area is 191 Å². The van der Waals surface area contributed by atoms with Gasteiger partial charge in [0.2, 0.25) is 11.7 Å². The van der Waals surface area contributed by atoms with Crippen LogP contribution < -0.4 is 17.2 Å². The van der Waals surface area contributed by atoms with E-state index in [0.717, 1.165) is 12.8 Å². The molecule has 2 aromatic rings. The van der Waals surface area contributed by atoms with Gasteiger partial charge in [-0.2, -0.15) is 10.1 Å². The second kappa shape index (κ2) is 10.3. The fourth-order valence-corrected chi connectivity index (χ4v) is 2.81. The molecule has 11 heteroatoms. The maximum atomic E-state index is 12.3. The highest BCUT2D eigenvalue weighted by Gasteiger charge is 2.29. The molecule has 6 N–H and O–H groups in total. The van der Waals surface area contributed by atoms with E-state index in [4.69, 9.17) is 21.7 Å². The second-order valence-corrected chi connectivity index (χ2v) is 7.44. The van der Waals surface area contributed by atoms with Crippen LogP contribution in [0, 0.1) is 0 Å². The number of hydrogen-bond donors (Lipinski definition) is 3. The molecule has 0 radical (unpaired) electrons. The molecule has 33 heavy (non-hydrogen) atoms. The van der Waals surface area contributed by atoms with Crippen molar-refractivity contribution in [2.24, 2.45) is 22.2 Å². The van der Waals surface area contributed by atoms with E-state index >= 15 is 0 Å². The first kappa shape index (κ1) is 23.3. The first-order valence-corrected chi connectivity index (χ1v) is 10.1. The molecule has 0 unspecified atom stereocenters. The molecule has 1 aliphatic rings. The summed E-state index contributed by atoms with van der Waals surface area (Å²) in [4.78, 5) is 22.3. The summed E-state index contributed by atoms with van der Waals surface area (Å²) in [5, 5.41) is 8.19. The van der Waals surface area contributed by atoms with E-state index in [1.807, 2.05) is 7.05 Å². The molecule has 0 aliphatic heterocycles. The Balaban J connectivity index is 1.67.